The second-order valence-electron chi connectivity index (χ2n) is 4.82. The van der Waals surface area contributed by atoms with Crippen molar-refractivity contribution in [1.29, 1.82) is 0 Å². The molecule has 0 spiro atoms. The van der Waals surface area contributed by atoms with Crippen LogP contribution >= 0.6 is 0 Å². The summed E-state index contributed by atoms with van der Waals surface area (Å²) in [6.07, 6.45) is 2.35. The number of nitrogens with zero attached hydrogens (tertiary/aromatic N) is 2. The van der Waals surface area contributed by atoms with Gasteiger partial charge < -0.3 is 10.6 Å². The number of hydrogen-bond donors (Lipinski definition) is 1. The summed E-state index contributed by atoms with van der Waals surface area (Å²) in [5, 5.41) is 10.7. The van der Waals surface area contributed by atoms with Crippen molar-refractivity contribution in [3.8, 4) is 0 Å². The van der Waals surface area contributed by atoms with Gasteiger partial charge in [0, 0.05) is 24.7 Å². The lowest BCUT2D eigenvalue weighted by Gasteiger charge is -2.20. The van der Waals surface area contributed by atoms with Gasteiger partial charge in [0.05, 0.1) is 4.92 Å². The molecule has 6 nitrogen and oxygen atoms in total. The largest absolute Gasteiger partial charge is 0.393 e. The average molecular weight is 263 g/mol. The third-order valence-electron chi connectivity index (χ3n) is 3.32. The van der Waals surface area contributed by atoms with E-state index in [0.717, 1.165) is 6.54 Å². The van der Waals surface area contributed by atoms with Crippen LogP contribution in [0.1, 0.15) is 30.1 Å². The van der Waals surface area contributed by atoms with Crippen molar-refractivity contribution < 1.29 is 9.72 Å². The van der Waals surface area contributed by atoms with Crippen LogP contribution in [0.25, 0.3) is 0 Å². The Morgan fingerprint density at radius 2 is 2.21 bits per heavy atom. The monoisotopic (exact) mass is 263 g/mol. The molecule has 0 aliphatic heterocycles. The van der Waals surface area contributed by atoms with Gasteiger partial charge in [-0.05, 0) is 37.8 Å². The minimum absolute atomic E-state index is 0.0262. The van der Waals surface area contributed by atoms with Crippen molar-refractivity contribution >= 4 is 17.3 Å². The Hall–Kier alpha value is -2.11. The van der Waals surface area contributed by atoms with Crippen LogP contribution in [-0.4, -0.2) is 28.8 Å². The summed E-state index contributed by atoms with van der Waals surface area (Å²) in [4.78, 5) is 24.2. The summed E-state index contributed by atoms with van der Waals surface area (Å²) in [6.45, 7) is 3.31. The summed E-state index contributed by atoms with van der Waals surface area (Å²) in [7, 11) is 0. The Balaban J connectivity index is 2.17. The Morgan fingerprint density at radius 1 is 1.53 bits per heavy atom. The van der Waals surface area contributed by atoms with Crippen molar-refractivity contribution in [3.63, 3.8) is 0 Å². The molecule has 0 bridgehead atoms. The molecular formula is C13H17N3O3. The van der Waals surface area contributed by atoms with Crippen LogP contribution in [0.15, 0.2) is 18.2 Å². The standard InChI is InChI=1S/C13H17N3O3/c1-2-15(8-9-3-4-9)13(17)10-5-6-12(16(18)19)11(14)7-10/h5-7,9H,2-4,8,14H2,1H3. The molecule has 1 aromatic carbocycles. The van der Waals surface area contributed by atoms with Gasteiger partial charge in [0.2, 0.25) is 0 Å². The molecule has 102 valence electrons. The van der Waals surface area contributed by atoms with Crippen LogP contribution in [0.2, 0.25) is 0 Å². The first-order chi connectivity index (χ1) is 9.02. The van der Waals surface area contributed by atoms with E-state index in [1.54, 1.807) is 4.90 Å². The van der Waals surface area contributed by atoms with E-state index in [9.17, 15) is 14.9 Å². The Labute approximate surface area is 111 Å². The van der Waals surface area contributed by atoms with Crippen molar-refractivity contribution in [2.45, 2.75) is 19.8 Å². The van der Waals surface area contributed by atoms with Gasteiger partial charge in [-0.3, -0.25) is 14.9 Å². The number of anilines is 1. The van der Waals surface area contributed by atoms with Crippen LogP contribution in [0.3, 0.4) is 0 Å². The number of amides is 1. The number of nitro benzene ring substituents is 1. The number of hydrogen-bond acceptors (Lipinski definition) is 4. The molecule has 1 aromatic rings. The summed E-state index contributed by atoms with van der Waals surface area (Å²) >= 11 is 0. The maximum absolute atomic E-state index is 12.3. The fourth-order valence-corrected chi connectivity index (χ4v) is 2.00. The Bertz CT molecular complexity index is 512. The SMILES string of the molecule is CCN(CC1CC1)C(=O)c1ccc([N+](=O)[O-])c(N)c1. The van der Waals surface area contributed by atoms with E-state index in [-0.39, 0.29) is 17.3 Å². The highest BCUT2D eigenvalue weighted by molar-refractivity contribution is 5.95. The second-order valence-corrected chi connectivity index (χ2v) is 4.82. The highest BCUT2D eigenvalue weighted by Crippen LogP contribution is 2.30. The third-order valence-corrected chi connectivity index (χ3v) is 3.32. The molecule has 1 amide bonds. The molecule has 1 aliphatic rings. The van der Waals surface area contributed by atoms with Crippen LogP contribution in [0.5, 0.6) is 0 Å². The lowest BCUT2D eigenvalue weighted by Crippen LogP contribution is -2.32. The normalized spacial score (nSPS) is 14.2. The zero-order valence-electron chi connectivity index (χ0n) is 10.8. The van der Waals surface area contributed by atoms with Gasteiger partial charge in [-0.1, -0.05) is 0 Å². The van der Waals surface area contributed by atoms with Crippen LogP contribution < -0.4 is 5.73 Å². The molecule has 2 N–H and O–H groups in total. The fraction of sp³-hybridized carbons (Fsp3) is 0.462. The van der Waals surface area contributed by atoms with Crippen LogP contribution in [0.4, 0.5) is 11.4 Å². The summed E-state index contributed by atoms with van der Waals surface area (Å²) in [6, 6.07) is 4.13. The summed E-state index contributed by atoms with van der Waals surface area (Å²) < 4.78 is 0. The lowest BCUT2D eigenvalue weighted by atomic mass is 10.1. The molecule has 0 atom stereocenters. The average Bonchev–Trinajstić information content (AvgIpc) is 3.18. The molecule has 0 unspecified atom stereocenters. The smallest absolute Gasteiger partial charge is 0.292 e. The predicted molar refractivity (Wildman–Crippen MR) is 71.8 cm³/mol. The molecule has 2 rings (SSSR count). The van der Waals surface area contributed by atoms with Gasteiger partial charge in [-0.15, -0.1) is 0 Å². The van der Waals surface area contributed by atoms with Gasteiger partial charge in [0.15, 0.2) is 0 Å². The zero-order valence-corrected chi connectivity index (χ0v) is 10.8. The first kappa shape index (κ1) is 13.3. The van der Waals surface area contributed by atoms with Crippen molar-refractivity contribution in [2.75, 3.05) is 18.8 Å². The fourth-order valence-electron chi connectivity index (χ4n) is 2.00. The number of carbonyl (C=O) groups excluding carboxylic acids is 1. The molecule has 6 heteroatoms. The molecule has 0 heterocycles. The van der Waals surface area contributed by atoms with Gasteiger partial charge in [-0.2, -0.15) is 0 Å². The van der Waals surface area contributed by atoms with Crippen molar-refractivity contribution in [2.24, 2.45) is 5.92 Å². The molecular weight excluding hydrogens is 246 g/mol. The van der Waals surface area contributed by atoms with E-state index in [1.165, 1.54) is 31.0 Å². The van der Waals surface area contributed by atoms with E-state index >= 15 is 0 Å². The topological polar surface area (TPSA) is 89.5 Å². The van der Waals surface area contributed by atoms with E-state index < -0.39 is 4.92 Å². The summed E-state index contributed by atoms with van der Waals surface area (Å²) in [5.41, 5.74) is 5.87. The number of benzene rings is 1. The molecule has 0 aromatic heterocycles. The lowest BCUT2D eigenvalue weighted by molar-refractivity contribution is -0.383. The molecule has 1 fully saturated rings. The van der Waals surface area contributed by atoms with Crippen molar-refractivity contribution in [1.82, 2.24) is 4.90 Å². The number of carbonyl (C=O) groups is 1. The van der Waals surface area contributed by atoms with E-state index in [4.69, 9.17) is 5.73 Å². The maximum atomic E-state index is 12.3. The number of rotatable bonds is 5. The first-order valence-electron chi connectivity index (χ1n) is 6.36. The third kappa shape index (κ3) is 3.01. The highest BCUT2D eigenvalue weighted by atomic mass is 16.6. The maximum Gasteiger partial charge on any atom is 0.292 e. The Morgan fingerprint density at radius 3 is 2.68 bits per heavy atom. The van der Waals surface area contributed by atoms with E-state index in [1.807, 2.05) is 6.92 Å². The zero-order chi connectivity index (χ0) is 14.0. The van der Waals surface area contributed by atoms with E-state index in [2.05, 4.69) is 0 Å². The van der Waals surface area contributed by atoms with E-state index in [0.29, 0.717) is 18.0 Å². The number of nitro groups is 1. The second kappa shape index (κ2) is 5.26. The van der Waals surface area contributed by atoms with Gasteiger partial charge in [0.25, 0.3) is 11.6 Å². The van der Waals surface area contributed by atoms with Gasteiger partial charge in [-0.25, -0.2) is 0 Å². The minimum atomic E-state index is -0.550. The molecule has 1 saturated carbocycles. The minimum Gasteiger partial charge on any atom is -0.393 e. The first-order valence-corrected chi connectivity index (χ1v) is 6.36. The Kier molecular flexibility index (Phi) is 3.69. The molecule has 0 radical (unpaired) electrons. The quantitative estimate of drug-likeness (QED) is 0.500. The number of nitrogens with two attached hydrogens (primary N) is 1. The van der Waals surface area contributed by atoms with Gasteiger partial charge >= 0.3 is 0 Å². The highest BCUT2D eigenvalue weighted by Gasteiger charge is 2.27. The van der Waals surface area contributed by atoms with Gasteiger partial charge in [0.1, 0.15) is 5.69 Å². The molecule has 1 aliphatic carbocycles. The van der Waals surface area contributed by atoms with Crippen LogP contribution in [-0.2, 0) is 0 Å². The molecule has 0 saturated heterocycles. The summed E-state index contributed by atoms with van der Waals surface area (Å²) in [5.74, 6) is 0.496. The predicted octanol–water partition coefficient (Wildman–Crippen LogP) is 2.05. The number of nitrogen functional groups attached to an aromatic ring is 1. The van der Waals surface area contributed by atoms with Crippen molar-refractivity contribution in [3.05, 3.63) is 33.9 Å². The molecule has 19 heavy (non-hydrogen) atoms. The van der Waals surface area contributed by atoms with Crippen LogP contribution in [0, 0.1) is 16.0 Å².